The Kier molecular flexibility index (Phi) is 5.49. The lowest BCUT2D eigenvalue weighted by Gasteiger charge is -2.10. The molecular weight excluding hydrogens is 373 g/mol. The van der Waals surface area contributed by atoms with Crippen LogP contribution in [-0.2, 0) is 13.7 Å². The Bertz CT molecular complexity index is 954. The molecule has 0 saturated heterocycles. The second kappa shape index (κ2) is 7.81. The largest absolute Gasteiger partial charge is 0.487 e. The summed E-state index contributed by atoms with van der Waals surface area (Å²) in [7, 11) is 1.81. The number of nitrogens with one attached hydrogen (secondary N) is 1. The zero-order valence-electron chi connectivity index (χ0n) is 14.3. The number of hydrogen-bond donors (Lipinski definition) is 1. The minimum absolute atomic E-state index is 0.205. The van der Waals surface area contributed by atoms with Gasteiger partial charge in [0.25, 0.3) is 5.91 Å². The van der Waals surface area contributed by atoms with Crippen LogP contribution in [0.2, 0.25) is 10.0 Å². The molecule has 5 nitrogen and oxygen atoms in total. The van der Waals surface area contributed by atoms with Gasteiger partial charge in [0.2, 0.25) is 0 Å². The van der Waals surface area contributed by atoms with Gasteiger partial charge in [-0.15, -0.1) is 0 Å². The second-order valence-electron chi connectivity index (χ2n) is 5.80. The van der Waals surface area contributed by atoms with Crippen LogP contribution in [0.3, 0.4) is 0 Å². The van der Waals surface area contributed by atoms with Crippen molar-refractivity contribution in [1.29, 1.82) is 0 Å². The first kappa shape index (κ1) is 18.3. The topological polar surface area (TPSA) is 56.2 Å². The molecule has 0 atom stereocenters. The van der Waals surface area contributed by atoms with Gasteiger partial charge in [-0.2, -0.15) is 5.10 Å². The van der Waals surface area contributed by atoms with E-state index in [1.54, 1.807) is 41.2 Å². The lowest BCUT2D eigenvalue weighted by atomic mass is 10.1. The first-order valence-corrected chi connectivity index (χ1v) is 8.67. The second-order valence-corrected chi connectivity index (χ2v) is 6.58. The summed E-state index contributed by atoms with van der Waals surface area (Å²) in [6.45, 7) is 2.11. The van der Waals surface area contributed by atoms with Crippen molar-refractivity contribution < 1.29 is 9.53 Å². The molecule has 1 amide bonds. The number of amides is 1. The van der Waals surface area contributed by atoms with E-state index in [9.17, 15) is 4.79 Å². The van der Waals surface area contributed by atoms with Crippen LogP contribution in [0.5, 0.6) is 5.75 Å². The van der Waals surface area contributed by atoms with Crippen LogP contribution in [0.15, 0.2) is 48.7 Å². The van der Waals surface area contributed by atoms with Gasteiger partial charge in [-0.1, -0.05) is 41.4 Å². The minimum atomic E-state index is -0.205. The van der Waals surface area contributed by atoms with Gasteiger partial charge in [0.1, 0.15) is 17.4 Å². The first-order chi connectivity index (χ1) is 12.4. The number of aryl methyl sites for hydroxylation is 2. The van der Waals surface area contributed by atoms with Crippen LogP contribution < -0.4 is 10.1 Å². The molecule has 1 aromatic heterocycles. The summed E-state index contributed by atoms with van der Waals surface area (Å²) in [5.74, 6) is 0.295. The monoisotopic (exact) mass is 389 g/mol. The molecule has 0 aliphatic rings. The number of rotatable bonds is 5. The highest BCUT2D eigenvalue weighted by Gasteiger charge is 2.11. The van der Waals surface area contributed by atoms with Crippen LogP contribution in [0.1, 0.15) is 21.6 Å². The third-order valence-electron chi connectivity index (χ3n) is 3.76. The molecule has 1 N–H and O–H groups in total. The van der Waals surface area contributed by atoms with E-state index in [0.717, 1.165) is 11.3 Å². The van der Waals surface area contributed by atoms with Crippen LogP contribution >= 0.6 is 23.2 Å². The van der Waals surface area contributed by atoms with Crippen molar-refractivity contribution in [2.24, 2.45) is 7.05 Å². The van der Waals surface area contributed by atoms with Crippen LogP contribution in [0.4, 0.5) is 5.69 Å². The van der Waals surface area contributed by atoms with Crippen LogP contribution in [-0.4, -0.2) is 15.7 Å². The van der Waals surface area contributed by atoms with Crippen molar-refractivity contribution in [3.63, 3.8) is 0 Å². The number of carbonyl (C=O) groups is 1. The molecule has 0 aliphatic heterocycles. The maximum atomic E-state index is 12.5. The predicted molar refractivity (Wildman–Crippen MR) is 103 cm³/mol. The van der Waals surface area contributed by atoms with Gasteiger partial charge < -0.3 is 10.1 Å². The number of ether oxygens (including phenoxy) is 1. The third-order valence-corrected chi connectivity index (χ3v) is 4.56. The lowest BCUT2D eigenvalue weighted by Crippen LogP contribution is -2.12. The summed E-state index contributed by atoms with van der Waals surface area (Å²) in [5, 5.41) is 7.88. The molecule has 2 aromatic carbocycles. The molecule has 0 saturated carbocycles. The summed E-state index contributed by atoms with van der Waals surface area (Å²) < 4.78 is 7.37. The van der Waals surface area contributed by atoms with Crippen LogP contribution in [0.25, 0.3) is 0 Å². The van der Waals surface area contributed by atoms with Gasteiger partial charge >= 0.3 is 0 Å². The van der Waals surface area contributed by atoms with E-state index in [2.05, 4.69) is 10.4 Å². The van der Waals surface area contributed by atoms with E-state index in [0.29, 0.717) is 27.0 Å². The summed E-state index contributed by atoms with van der Waals surface area (Å²) in [6, 6.07) is 12.4. The SMILES string of the molecule is Cc1nn(C)cc1NC(=O)c1cccc(COc2cccc(Cl)c2Cl)c1. The Morgan fingerprint density at radius 1 is 1.23 bits per heavy atom. The zero-order chi connectivity index (χ0) is 18.7. The molecule has 0 bridgehead atoms. The summed E-state index contributed by atoms with van der Waals surface area (Å²) >= 11 is 12.1. The lowest BCUT2D eigenvalue weighted by molar-refractivity contribution is 0.102. The van der Waals surface area contributed by atoms with Crippen molar-refractivity contribution >= 4 is 34.8 Å². The Labute approximate surface area is 161 Å². The third kappa shape index (κ3) is 4.18. The number of nitrogens with zero attached hydrogens (tertiary/aromatic N) is 2. The number of benzene rings is 2. The normalized spacial score (nSPS) is 10.6. The van der Waals surface area contributed by atoms with Gasteiger partial charge in [-0.05, 0) is 36.8 Å². The van der Waals surface area contributed by atoms with E-state index in [1.807, 2.05) is 26.1 Å². The quantitative estimate of drug-likeness (QED) is 0.677. The van der Waals surface area contributed by atoms with E-state index in [-0.39, 0.29) is 12.5 Å². The van der Waals surface area contributed by atoms with Gasteiger partial charge in [0, 0.05) is 18.8 Å². The Morgan fingerprint density at radius 3 is 2.73 bits per heavy atom. The van der Waals surface area contributed by atoms with Gasteiger partial charge in [-0.25, -0.2) is 0 Å². The predicted octanol–water partition coefficient (Wildman–Crippen LogP) is 4.87. The van der Waals surface area contributed by atoms with Crippen molar-refractivity contribution in [2.75, 3.05) is 5.32 Å². The molecule has 134 valence electrons. The maximum Gasteiger partial charge on any atom is 0.255 e. The Hall–Kier alpha value is -2.50. The smallest absolute Gasteiger partial charge is 0.255 e. The van der Waals surface area contributed by atoms with E-state index in [1.165, 1.54) is 0 Å². The van der Waals surface area contributed by atoms with Gasteiger partial charge in [-0.3, -0.25) is 9.48 Å². The number of aromatic nitrogens is 2. The van der Waals surface area contributed by atoms with E-state index >= 15 is 0 Å². The van der Waals surface area contributed by atoms with Gasteiger partial charge in [0.15, 0.2) is 0 Å². The number of hydrogen-bond acceptors (Lipinski definition) is 3. The van der Waals surface area contributed by atoms with E-state index < -0.39 is 0 Å². The maximum absolute atomic E-state index is 12.5. The Morgan fingerprint density at radius 2 is 2.00 bits per heavy atom. The number of anilines is 1. The fourth-order valence-corrected chi connectivity index (χ4v) is 2.82. The molecule has 0 spiro atoms. The molecule has 3 aromatic rings. The highest BCUT2D eigenvalue weighted by Crippen LogP contribution is 2.32. The summed E-state index contributed by atoms with van der Waals surface area (Å²) in [5.41, 5.74) is 2.82. The van der Waals surface area contributed by atoms with Crippen molar-refractivity contribution in [2.45, 2.75) is 13.5 Å². The number of carbonyl (C=O) groups excluding carboxylic acids is 1. The van der Waals surface area contributed by atoms with Crippen molar-refractivity contribution in [3.05, 3.63) is 75.5 Å². The van der Waals surface area contributed by atoms with E-state index in [4.69, 9.17) is 27.9 Å². The fraction of sp³-hybridized carbons (Fsp3) is 0.158. The molecule has 3 rings (SSSR count). The highest BCUT2D eigenvalue weighted by atomic mass is 35.5. The van der Waals surface area contributed by atoms with Crippen molar-refractivity contribution in [1.82, 2.24) is 9.78 Å². The molecular formula is C19H17Cl2N3O2. The average molecular weight is 390 g/mol. The zero-order valence-corrected chi connectivity index (χ0v) is 15.8. The fourth-order valence-electron chi connectivity index (χ4n) is 2.48. The first-order valence-electron chi connectivity index (χ1n) is 7.91. The average Bonchev–Trinajstić information content (AvgIpc) is 2.93. The van der Waals surface area contributed by atoms with Crippen LogP contribution in [0, 0.1) is 6.92 Å². The number of halogens is 2. The van der Waals surface area contributed by atoms with Crippen molar-refractivity contribution in [3.8, 4) is 5.75 Å². The molecule has 0 unspecified atom stereocenters. The summed E-state index contributed by atoms with van der Waals surface area (Å²) in [6.07, 6.45) is 1.77. The molecule has 7 heteroatoms. The Balaban J connectivity index is 1.70. The molecule has 0 fully saturated rings. The molecule has 0 radical (unpaired) electrons. The standard InChI is InChI=1S/C19H17Cl2N3O2/c1-12-16(10-24(2)23-12)22-19(25)14-6-3-5-13(9-14)11-26-17-8-4-7-15(20)18(17)21/h3-10H,11H2,1-2H3,(H,22,25). The summed E-state index contributed by atoms with van der Waals surface area (Å²) in [4.78, 5) is 12.5. The molecule has 0 aliphatic carbocycles. The van der Waals surface area contributed by atoms with Gasteiger partial charge in [0.05, 0.1) is 16.4 Å². The highest BCUT2D eigenvalue weighted by molar-refractivity contribution is 6.42. The molecule has 26 heavy (non-hydrogen) atoms. The molecule has 1 heterocycles. The minimum Gasteiger partial charge on any atom is -0.487 e.